The Morgan fingerprint density at radius 3 is 2.44 bits per heavy atom. The van der Waals surface area contributed by atoms with E-state index < -0.39 is 15.9 Å². The number of amides is 1. The maximum atomic E-state index is 12.4. The standard InChI is InChI=1S/C23H25BrN4O3S/c1-16-8-10-21(11-9-16)27(32(4,30)31)15-23(29)26-25-14-19-12-17(2)28(18(19)3)22-7-5-6-20(24)13-22/h5-14H,15H2,1-4H3,(H,26,29)/b25-14+. The molecule has 0 radical (unpaired) electrons. The molecule has 168 valence electrons. The molecule has 9 heteroatoms. The van der Waals surface area contributed by atoms with Gasteiger partial charge in [-0.3, -0.25) is 9.10 Å². The number of nitrogens with zero attached hydrogens (tertiary/aromatic N) is 3. The molecule has 32 heavy (non-hydrogen) atoms. The van der Waals surface area contributed by atoms with E-state index in [0.717, 1.165) is 43.2 Å². The van der Waals surface area contributed by atoms with Gasteiger partial charge in [-0.15, -0.1) is 0 Å². The van der Waals surface area contributed by atoms with Crippen LogP contribution in [0.25, 0.3) is 5.69 Å². The largest absolute Gasteiger partial charge is 0.318 e. The molecule has 2 aromatic carbocycles. The van der Waals surface area contributed by atoms with Gasteiger partial charge in [0.05, 0.1) is 18.2 Å². The molecule has 7 nitrogen and oxygen atoms in total. The Kier molecular flexibility index (Phi) is 7.20. The fourth-order valence-electron chi connectivity index (χ4n) is 3.38. The van der Waals surface area contributed by atoms with E-state index >= 15 is 0 Å². The molecular formula is C23H25BrN4O3S. The van der Waals surface area contributed by atoms with Crippen molar-refractivity contribution < 1.29 is 13.2 Å². The highest BCUT2D eigenvalue weighted by Gasteiger charge is 2.20. The van der Waals surface area contributed by atoms with E-state index in [0.29, 0.717) is 5.69 Å². The summed E-state index contributed by atoms with van der Waals surface area (Å²) in [6.45, 7) is 5.51. The lowest BCUT2D eigenvalue weighted by Crippen LogP contribution is -2.39. The molecule has 1 N–H and O–H groups in total. The number of hydrogen-bond acceptors (Lipinski definition) is 4. The van der Waals surface area contributed by atoms with Crippen LogP contribution in [-0.4, -0.2) is 37.9 Å². The maximum absolute atomic E-state index is 12.4. The second-order valence-corrected chi connectivity index (χ2v) is 10.4. The van der Waals surface area contributed by atoms with Crippen molar-refractivity contribution >= 4 is 43.8 Å². The van der Waals surface area contributed by atoms with Crippen molar-refractivity contribution in [1.29, 1.82) is 0 Å². The maximum Gasteiger partial charge on any atom is 0.260 e. The molecule has 3 aromatic rings. The van der Waals surface area contributed by atoms with Crippen LogP contribution < -0.4 is 9.73 Å². The Morgan fingerprint density at radius 2 is 1.81 bits per heavy atom. The van der Waals surface area contributed by atoms with Crippen LogP contribution in [0.2, 0.25) is 0 Å². The average molecular weight is 517 g/mol. The SMILES string of the molecule is Cc1ccc(N(CC(=O)N/N=C/c2cc(C)n(-c3cccc(Br)c3)c2C)S(C)(=O)=O)cc1. The molecule has 0 spiro atoms. The molecule has 1 heterocycles. The first-order valence-electron chi connectivity index (χ1n) is 9.87. The summed E-state index contributed by atoms with van der Waals surface area (Å²) in [5.41, 5.74) is 7.70. The van der Waals surface area contributed by atoms with Crippen LogP contribution in [0, 0.1) is 20.8 Å². The summed E-state index contributed by atoms with van der Waals surface area (Å²) in [5.74, 6) is -0.534. The Bertz CT molecular complexity index is 1260. The highest BCUT2D eigenvalue weighted by Crippen LogP contribution is 2.22. The normalized spacial score (nSPS) is 11.7. The van der Waals surface area contributed by atoms with Gasteiger partial charge in [-0.05, 0) is 57.2 Å². The first-order chi connectivity index (χ1) is 15.1. The Morgan fingerprint density at radius 1 is 1.12 bits per heavy atom. The molecular weight excluding hydrogens is 492 g/mol. The molecule has 1 aromatic heterocycles. The number of aromatic nitrogens is 1. The summed E-state index contributed by atoms with van der Waals surface area (Å²) in [6, 6.07) is 16.9. The number of hydrogen-bond donors (Lipinski definition) is 1. The lowest BCUT2D eigenvalue weighted by molar-refractivity contribution is -0.119. The minimum absolute atomic E-state index is 0.365. The quantitative estimate of drug-likeness (QED) is 0.379. The number of aryl methyl sites for hydroxylation is 2. The van der Waals surface area contributed by atoms with Crippen LogP contribution in [0.5, 0.6) is 0 Å². The minimum atomic E-state index is -3.63. The molecule has 0 fully saturated rings. The van der Waals surface area contributed by atoms with E-state index in [2.05, 4.69) is 31.0 Å². The van der Waals surface area contributed by atoms with Crippen molar-refractivity contribution in [2.24, 2.45) is 5.10 Å². The molecule has 1 amide bonds. The van der Waals surface area contributed by atoms with Crippen molar-refractivity contribution in [3.63, 3.8) is 0 Å². The molecule has 0 aliphatic rings. The van der Waals surface area contributed by atoms with Gasteiger partial charge in [0.1, 0.15) is 6.54 Å². The third-order valence-corrected chi connectivity index (χ3v) is 6.57. The number of anilines is 1. The van der Waals surface area contributed by atoms with Gasteiger partial charge in [0.2, 0.25) is 10.0 Å². The molecule has 0 bridgehead atoms. The molecule has 0 atom stereocenters. The summed E-state index contributed by atoms with van der Waals surface area (Å²) < 4.78 is 28.5. The van der Waals surface area contributed by atoms with Gasteiger partial charge < -0.3 is 4.57 Å². The number of hydrazone groups is 1. The molecule has 0 saturated carbocycles. The van der Waals surface area contributed by atoms with Crippen LogP contribution in [0.15, 0.2) is 64.2 Å². The third-order valence-electron chi connectivity index (χ3n) is 4.94. The van der Waals surface area contributed by atoms with E-state index in [-0.39, 0.29) is 6.54 Å². The van der Waals surface area contributed by atoms with Crippen LogP contribution in [-0.2, 0) is 14.8 Å². The van der Waals surface area contributed by atoms with Crippen LogP contribution in [0.3, 0.4) is 0 Å². The second kappa shape index (κ2) is 9.70. The van der Waals surface area contributed by atoms with Crippen molar-refractivity contribution in [3.8, 4) is 5.69 Å². The third kappa shape index (κ3) is 5.66. The monoisotopic (exact) mass is 516 g/mol. The summed E-state index contributed by atoms with van der Waals surface area (Å²) >= 11 is 3.49. The molecule has 0 aliphatic carbocycles. The van der Waals surface area contributed by atoms with E-state index in [1.54, 1.807) is 30.5 Å². The number of nitrogens with one attached hydrogen (secondary N) is 1. The van der Waals surface area contributed by atoms with Crippen LogP contribution in [0.4, 0.5) is 5.69 Å². The summed E-state index contributed by atoms with van der Waals surface area (Å²) in [4.78, 5) is 12.4. The zero-order valence-electron chi connectivity index (χ0n) is 18.3. The van der Waals surface area contributed by atoms with Crippen molar-refractivity contribution in [1.82, 2.24) is 9.99 Å². The minimum Gasteiger partial charge on any atom is -0.318 e. The predicted octanol–water partition coefficient (Wildman–Crippen LogP) is 4.08. The molecule has 0 saturated heterocycles. The fraction of sp³-hybridized carbons (Fsp3) is 0.217. The van der Waals surface area contributed by atoms with Gasteiger partial charge in [0.15, 0.2) is 0 Å². The summed E-state index contributed by atoms with van der Waals surface area (Å²) in [6.07, 6.45) is 2.63. The molecule has 0 unspecified atom stereocenters. The Balaban J connectivity index is 1.73. The predicted molar refractivity (Wildman–Crippen MR) is 132 cm³/mol. The van der Waals surface area contributed by atoms with Crippen LogP contribution >= 0.6 is 15.9 Å². The summed E-state index contributed by atoms with van der Waals surface area (Å²) in [5, 5.41) is 4.04. The fourth-order valence-corrected chi connectivity index (χ4v) is 4.63. The van der Waals surface area contributed by atoms with E-state index in [1.807, 2.05) is 51.1 Å². The molecule has 0 aliphatic heterocycles. The number of halogens is 1. The van der Waals surface area contributed by atoms with Gasteiger partial charge in [0.25, 0.3) is 5.91 Å². The Hall–Kier alpha value is -2.91. The second-order valence-electron chi connectivity index (χ2n) is 7.54. The highest BCUT2D eigenvalue weighted by atomic mass is 79.9. The average Bonchev–Trinajstić information content (AvgIpc) is 2.99. The number of benzene rings is 2. The van der Waals surface area contributed by atoms with Gasteiger partial charge >= 0.3 is 0 Å². The first-order valence-corrected chi connectivity index (χ1v) is 12.5. The number of sulfonamides is 1. The Labute approximate surface area is 196 Å². The van der Waals surface area contributed by atoms with E-state index in [4.69, 9.17) is 0 Å². The van der Waals surface area contributed by atoms with Crippen molar-refractivity contribution in [2.75, 3.05) is 17.1 Å². The highest BCUT2D eigenvalue weighted by molar-refractivity contribution is 9.10. The van der Waals surface area contributed by atoms with Gasteiger partial charge in [-0.25, -0.2) is 13.8 Å². The van der Waals surface area contributed by atoms with Gasteiger partial charge in [0, 0.05) is 27.1 Å². The molecule has 3 rings (SSSR count). The first kappa shape index (κ1) is 23.7. The van der Waals surface area contributed by atoms with E-state index in [9.17, 15) is 13.2 Å². The summed E-state index contributed by atoms with van der Waals surface area (Å²) in [7, 11) is -3.63. The smallest absolute Gasteiger partial charge is 0.260 e. The lowest BCUT2D eigenvalue weighted by Gasteiger charge is -2.21. The van der Waals surface area contributed by atoms with Crippen LogP contribution in [0.1, 0.15) is 22.5 Å². The lowest BCUT2D eigenvalue weighted by atomic mass is 10.2. The van der Waals surface area contributed by atoms with Gasteiger partial charge in [-0.2, -0.15) is 5.10 Å². The number of carbonyl (C=O) groups excluding carboxylic acids is 1. The number of carbonyl (C=O) groups is 1. The van der Waals surface area contributed by atoms with E-state index in [1.165, 1.54) is 0 Å². The van der Waals surface area contributed by atoms with Crippen molar-refractivity contribution in [3.05, 3.63) is 81.6 Å². The van der Waals surface area contributed by atoms with Gasteiger partial charge in [-0.1, -0.05) is 39.7 Å². The zero-order chi connectivity index (χ0) is 23.5. The van der Waals surface area contributed by atoms with Crippen molar-refractivity contribution in [2.45, 2.75) is 20.8 Å². The number of rotatable bonds is 7. The topological polar surface area (TPSA) is 83.8 Å². The zero-order valence-corrected chi connectivity index (χ0v) is 20.7.